The molecule has 1 saturated heterocycles. The second-order valence-corrected chi connectivity index (χ2v) is 7.19. The van der Waals surface area contributed by atoms with E-state index in [-0.39, 0.29) is 0 Å². The summed E-state index contributed by atoms with van der Waals surface area (Å²) < 4.78 is 1.20. The van der Waals surface area contributed by atoms with Crippen LogP contribution in [0.5, 0.6) is 0 Å². The Bertz CT molecular complexity index is 342. The molecule has 1 aliphatic heterocycles. The molecule has 0 saturated carbocycles. The number of rotatable bonds is 2. The number of thiazole rings is 1. The Morgan fingerprint density at radius 2 is 2.25 bits per heavy atom. The topological polar surface area (TPSA) is 16.1 Å². The van der Waals surface area contributed by atoms with Gasteiger partial charge in [-0.25, -0.2) is 4.98 Å². The highest BCUT2D eigenvalue weighted by molar-refractivity contribution is 9.11. The summed E-state index contributed by atoms with van der Waals surface area (Å²) in [6, 6.07) is 0.660. The lowest BCUT2D eigenvalue weighted by atomic mass is 9.98. The van der Waals surface area contributed by atoms with Crippen LogP contribution in [0.15, 0.2) is 3.79 Å². The van der Waals surface area contributed by atoms with Crippen molar-refractivity contribution in [2.24, 2.45) is 0 Å². The van der Waals surface area contributed by atoms with Gasteiger partial charge in [0.25, 0.3) is 0 Å². The minimum atomic E-state index is 0.645. The predicted molar refractivity (Wildman–Crippen MR) is 73.2 cm³/mol. The fraction of sp³-hybridized carbons (Fsp3) is 0.750. The maximum Gasteiger partial charge on any atom is 0.0983 e. The van der Waals surface area contributed by atoms with E-state index in [1.165, 1.54) is 34.7 Å². The van der Waals surface area contributed by atoms with Gasteiger partial charge in [0.1, 0.15) is 0 Å². The molecule has 1 aliphatic rings. The Morgan fingerprint density at radius 3 is 2.81 bits per heavy atom. The largest absolute Gasteiger partial charge is 0.300 e. The third-order valence-electron chi connectivity index (χ3n) is 3.29. The van der Waals surface area contributed by atoms with E-state index in [0.717, 1.165) is 5.69 Å². The number of piperidine rings is 1. The fourth-order valence-corrected chi connectivity index (χ4v) is 3.75. The molecule has 1 atom stereocenters. The lowest BCUT2D eigenvalue weighted by Crippen LogP contribution is -2.39. The van der Waals surface area contributed by atoms with Gasteiger partial charge in [-0.1, -0.05) is 0 Å². The zero-order valence-corrected chi connectivity index (χ0v) is 12.6. The van der Waals surface area contributed by atoms with Crippen molar-refractivity contribution in [1.29, 1.82) is 0 Å². The zero-order chi connectivity index (χ0) is 11.7. The van der Waals surface area contributed by atoms with Crippen LogP contribution in [-0.2, 0) is 0 Å². The summed E-state index contributed by atoms with van der Waals surface area (Å²) >= 11 is 5.38. The number of nitrogens with zero attached hydrogens (tertiary/aromatic N) is 2. The average molecular weight is 303 g/mol. The maximum absolute atomic E-state index is 4.67. The van der Waals surface area contributed by atoms with Gasteiger partial charge in [0.2, 0.25) is 0 Å². The highest BCUT2D eigenvalue weighted by Crippen LogP contribution is 2.34. The summed E-state index contributed by atoms with van der Waals surface area (Å²) in [5, 5.41) is 1.31. The molecule has 16 heavy (non-hydrogen) atoms. The Kier molecular flexibility index (Phi) is 4.03. The minimum absolute atomic E-state index is 0.645. The van der Waals surface area contributed by atoms with Crippen LogP contribution in [0.3, 0.4) is 0 Å². The molecular weight excluding hydrogens is 284 g/mol. The first-order chi connectivity index (χ1) is 7.58. The molecule has 0 N–H and O–H groups in total. The number of aryl methyl sites for hydroxylation is 1. The first kappa shape index (κ1) is 12.5. The summed E-state index contributed by atoms with van der Waals surface area (Å²) in [7, 11) is 0. The maximum atomic E-state index is 4.67. The van der Waals surface area contributed by atoms with Crippen molar-refractivity contribution < 1.29 is 0 Å². The molecule has 0 amide bonds. The number of aromatic nitrogens is 1. The first-order valence-corrected chi connectivity index (χ1v) is 7.55. The minimum Gasteiger partial charge on any atom is -0.300 e. The second kappa shape index (κ2) is 5.15. The van der Waals surface area contributed by atoms with E-state index in [9.17, 15) is 0 Å². The monoisotopic (exact) mass is 302 g/mol. The molecule has 2 heterocycles. The molecule has 0 spiro atoms. The van der Waals surface area contributed by atoms with Gasteiger partial charge in [-0.2, -0.15) is 0 Å². The van der Waals surface area contributed by atoms with E-state index in [0.29, 0.717) is 12.0 Å². The van der Waals surface area contributed by atoms with Crippen LogP contribution in [0.25, 0.3) is 0 Å². The number of halogens is 1. The molecule has 90 valence electrons. The van der Waals surface area contributed by atoms with Gasteiger partial charge in [0.15, 0.2) is 0 Å². The molecule has 1 aromatic heterocycles. The van der Waals surface area contributed by atoms with Crippen LogP contribution in [0.1, 0.15) is 43.3 Å². The Balaban J connectivity index is 2.09. The molecule has 1 aromatic rings. The summed E-state index contributed by atoms with van der Waals surface area (Å²) in [5.41, 5.74) is 1.14. The van der Waals surface area contributed by atoms with Crippen LogP contribution in [0, 0.1) is 6.92 Å². The molecule has 4 heteroatoms. The van der Waals surface area contributed by atoms with Crippen LogP contribution < -0.4 is 0 Å². The fourth-order valence-electron chi connectivity index (χ4n) is 2.25. The van der Waals surface area contributed by atoms with Crippen molar-refractivity contribution >= 4 is 27.3 Å². The highest BCUT2D eigenvalue weighted by Gasteiger charge is 2.25. The smallest absolute Gasteiger partial charge is 0.0983 e. The van der Waals surface area contributed by atoms with E-state index in [1.54, 1.807) is 0 Å². The molecule has 2 rings (SSSR count). The van der Waals surface area contributed by atoms with Crippen molar-refractivity contribution in [1.82, 2.24) is 9.88 Å². The summed E-state index contributed by atoms with van der Waals surface area (Å²) in [6.07, 6.45) is 2.60. The van der Waals surface area contributed by atoms with E-state index in [4.69, 9.17) is 0 Å². The number of likely N-dealkylation sites (tertiary alicyclic amines) is 1. The van der Waals surface area contributed by atoms with Gasteiger partial charge in [0.05, 0.1) is 14.5 Å². The van der Waals surface area contributed by atoms with Gasteiger partial charge in [-0.3, -0.25) is 0 Å². The van der Waals surface area contributed by atoms with E-state index < -0.39 is 0 Å². The number of hydrogen-bond acceptors (Lipinski definition) is 3. The first-order valence-electron chi connectivity index (χ1n) is 5.94. The standard InChI is InChI=1S/C12H19BrN2S/c1-8(2)15-6-4-5-10(7-15)12-14-9(3)11(13)16-12/h8,10H,4-7H2,1-3H3/t10-/m0/s1. The predicted octanol–water partition coefficient (Wildman–Crippen LogP) is 3.80. The Hall–Kier alpha value is 0.0700. The van der Waals surface area contributed by atoms with E-state index >= 15 is 0 Å². The van der Waals surface area contributed by atoms with Crippen molar-refractivity contribution in [2.45, 2.75) is 45.6 Å². The lowest BCUT2D eigenvalue weighted by molar-refractivity contribution is 0.167. The van der Waals surface area contributed by atoms with Crippen molar-refractivity contribution in [3.63, 3.8) is 0 Å². The van der Waals surface area contributed by atoms with Gasteiger partial charge in [-0.05, 0) is 56.1 Å². The third kappa shape index (κ3) is 2.66. The zero-order valence-electron chi connectivity index (χ0n) is 10.2. The van der Waals surface area contributed by atoms with E-state index in [2.05, 4.69) is 46.6 Å². The second-order valence-electron chi connectivity index (χ2n) is 4.84. The molecule has 1 fully saturated rings. The summed E-state index contributed by atoms with van der Waals surface area (Å²) in [4.78, 5) is 7.24. The van der Waals surface area contributed by atoms with Crippen molar-refractivity contribution in [2.75, 3.05) is 13.1 Å². The Labute approximate surface area is 110 Å². The normalized spacial score (nSPS) is 22.9. The highest BCUT2D eigenvalue weighted by atomic mass is 79.9. The van der Waals surface area contributed by atoms with Crippen molar-refractivity contribution in [3.05, 3.63) is 14.5 Å². The Morgan fingerprint density at radius 1 is 1.50 bits per heavy atom. The summed E-state index contributed by atoms with van der Waals surface area (Å²) in [6.45, 7) is 9.07. The molecule has 0 bridgehead atoms. The van der Waals surface area contributed by atoms with Crippen molar-refractivity contribution in [3.8, 4) is 0 Å². The molecule has 0 aromatic carbocycles. The van der Waals surface area contributed by atoms with Crippen LogP contribution >= 0.6 is 27.3 Å². The molecular formula is C12H19BrN2S. The summed E-state index contributed by atoms with van der Waals surface area (Å²) in [5.74, 6) is 0.645. The van der Waals surface area contributed by atoms with Gasteiger partial charge >= 0.3 is 0 Å². The lowest BCUT2D eigenvalue weighted by Gasteiger charge is -2.34. The average Bonchev–Trinajstić information content (AvgIpc) is 2.59. The third-order valence-corrected chi connectivity index (χ3v) is 5.46. The molecule has 0 radical (unpaired) electrons. The molecule has 0 aliphatic carbocycles. The quantitative estimate of drug-likeness (QED) is 0.826. The van der Waals surface area contributed by atoms with Crippen LogP contribution in [-0.4, -0.2) is 29.0 Å². The molecule has 2 nitrogen and oxygen atoms in total. The van der Waals surface area contributed by atoms with Crippen LogP contribution in [0.4, 0.5) is 0 Å². The van der Waals surface area contributed by atoms with Gasteiger partial charge in [0, 0.05) is 18.5 Å². The van der Waals surface area contributed by atoms with Gasteiger partial charge in [-0.15, -0.1) is 11.3 Å². The molecule has 0 unspecified atom stereocenters. The SMILES string of the molecule is Cc1nc([C@H]2CCCN(C(C)C)C2)sc1Br. The van der Waals surface area contributed by atoms with Gasteiger partial charge < -0.3 is 4.90 Å². The van der Waals surface area contributed by atoms with E-state index in [1.807, 2.05) is 11.3 Å². The van der Waals surface area contributed by atoms with Crippen LogP contribution in [0.2, 0.25) is 0 Å². The number of hydrogen-bond donors (Lipinski definition) is 0.